The molecule has 1 N–H and O–H groups in total. The van der Waals surface area contributed by atoms with Gasteiger partial charge in [-0.1, -0.05) is 6.08 Å². The highest BCUT2D eigenvalue weighted by Gasteiger charge is 2.28. The Kier molecular flexibility index (Phi) is 4.64. The molecule has 0 atom stereocenters. The van der Waals surface area contributed by atoms with Gasteiger partial charge in [0.2, 0.25) is 0 Å². The average molecular weight is 348 g/mol. The molecular formula is C21H24N4O. The lowest BCUT2D eigenvalue weighted by atomic mass is 9.87. The Labute approximate surface area is 154 Å². The van der Waals surface area contributed by atoms with E-state index in [1.165, 1.54) is 16.8 Å². The first-order chi connectivity index (χ1) is 12.3. The highest BCUT2D eigenvalue weighted by Crippen LogP contribution is 2.38. The zero-order chi connectivity index (χ0) is 18.9. The fourth-order valence-electron chi connectivity index (χ4n) is 3.19. The zero-order valence-electron chi connectivity index (χ0n) is 15.9. The minimum atomic E-state index is -0.253. The number of hydrogen-bond donors (Lipinski definition) is 1. The van der Waals surface area contributed by atoms with Crippen molar-refractivity contribution in [3.05, 3.63) is 65.0 Å². The summed E-state index contributed by atoms with van der Waals surface area (Å²) >= 11 is 0. The number of likely N-dealkylation sites (N-methyl/N-ethyl adjacent to an activating group) is 1. The van der Waals surface area contributed by atoms with Gasteiger partial charge in [0.15, 0.2) is 0 Å². The van der Waals surface area contributed by atoms with E-state index < -0.39 is 0 Å². The average Bonchev–Trinajstić information content (AvgIpc) is 2.61. The summed E-state index contributed by atoms with van der Waals surface area (Å²) < 4.78 is 0. The Morgan fingerprint density at radius 3 is 2.62 bits per heavy atom. The predicted octanol–water partition coefficient (Wildman–Crippen LogP) is 3.79. The topological polar surface area (TPSA) is 57.6 Å². The number of aromatic nitrogens is 1. The fraction of sp³-hybridized carbons (Fsp3) is 0.286. The number of nitrogens with one attached hydrogen (secondary N) is 1. The molecule has 0 radical (unpaired) electrons. The zero-order valence-corrected chi connectivity index (χ0v) is 15.9. The van der Waals surface area contributed by atoms with Crippen LogP contribution in [0.2, 0.25) is 0 Å². The van der Waals surface area contributed by atoms with Crippen LogP contribution in [0.25, 0.3) is 5.57 Å². The predicted molar refractivity (Wildman–Crippen MR) is 107 cm³/mol. The summed E-state index contributed by atoms with van der Waals surface area (Å²) in [4.78, 5) is 18.2. The molecular weight excluding hydrogens is 324 g/mol. The van der Waals surface area contributed by atoms with Crippen molar-refractivity contribution in [2.45, 2.75) is 33.2 Å². The lowest BCUT2D eigenvalue weighted by Crippen LogP contribution is -2.42. The molecule has 0 aliphatic carbocycles. The van der Waals surface area contributed by atoms with Crippen LogP contribution in [0.3, 0.4) is 0 Å². The number of allylic oxidation sites excluding steroid dienone is 1. The summed E-state index contributed by atoms with van der Waals surface area (Å²) in [5, 5.41) is 4.12. The van der Waals surface area contributed by atoms with Crippen molar-refractivity contribution in [3.63, 3.8) is 0 Å². The summed E-state index contributed by atoms with van der Waals surface area (Å²) in [6, 6.07) is 7.62. The van der Waals surface area contributed by atoms with Crippen LogP contribution in [-0.4, -0.2) is 29.7 Å². The molecule has 1 aromatic carbocycles. The van der Waals surface area contributed by atoms with E-state index in [0.717, 1.165) is 11.1 Å². The molecule has 1 aliphatic heterocycles. The Morgan fingerprint density at radius 2 is 1.92 bits per heavy atom. The van der Waals surface area contributed by atoms with Crippen LogP contribution >= 0.6 is 0 Å². The molecule has 26 heavy (non-hydrogen) atoms. The van der Waals surface area contributed by atoms with Crippen LogP contribution < -0.4 is 10.3 Å². The van der Waals surface area contributed by atoms with Gasteiger partial charge in [-0.3, -0.25) is 9.78 Å². The number of benzene rings is 1. The molecule has 0 saturated heterocycles. The van der Waals surface area contributed by atoms with Gasteiger partial charge in [0.05, 0.1) is 11.8 Å². The second kappa shape index (κ2) is 6.75. The summed E-state index contributed by atoms with van der Waals surface area (Å²) in [6.07, 6.45) is 7.14. The van der Waals surface area contributed by atoms with E-state index in [2.05, 4.69) is 73.4 Å². The third-order valence-electron chi connectivity index (χ3n) is 4.92. The monoisotopic (exact) mass is 348 g/mol. The van der Waals surface area contributed by atoms with Gasteiger partial charge in [-0.25, -0.2) is 5.43 Å². The van der Waals surface area contributed by atoms with Gasteiger partial charge in [0.1, 0.15) is 0 Å². The van der Waals surface area contributed by atoms with Gasteiger partial charge in [-0.05, 0) is 68.7 Å². The number of rotatable bonds is 3. The maximum Gasteiger partial charge on any atom is 0.271 e. The lowest BCUT2D eigenvalue weighted by Gasteiger charge is -2.41. The number of carbonyl (C=O) groups is 1. The van der Waals surface area contributed by atoms with E-state index in [9.17, 15) is 4.79 Å². The third kappa shape index (κ3) is 3.38. The molecule has 0 unspecified atom stereocenters. The van der Waals surface area contributed by atoms with Crippen molar-refractivity contribution in [2.24, 2.45) is 5.10 Å². The van der Waals surface area contributed by atoms with E-state index in [1.807, 2.05) is 0 Å². The van der Waals surface area contributed by atoms with Crippen molar-refractivity contribution in [1.82, 2.24) is 10.4 Å². The Morgan fingerprint density at radius 1 is 1.23 bits per heavy atom. The summed E-state index contributed by atoms with van der Waals surface area (Å²) in [7, 11) is 2.11. The maximum atomic E-state index is 12.1. The molecule has 3 rings (SSSR count). The van der Waals surface area contributed by atoms with Gasteiger partial charge < -0.3 is 4.90 Å². The molecule has 1 aliphatic rings. The highest BCUT2D eigenvalue weighted by molar-refractivity contribution is 5.95. The van der Waals surface area contributed by atoms with Crippen molar-refractivity contribution in [1.29, 1.82) is 0 Å². The molecule has 2 heterocycles. The highest BCUT2D eigenvalue weighted by atomic mass is 16.2. The van der Waals surface area contributed by atoms with Crippen LogP contribution in [0, 0.1) is 6.92 Å². The van der Waals surface area contributed by atoms with Crippen molar-refractivity contribution in [3.8, 4) is 0 Å². The summed E-state index contributed by atoms with van der Waals surface area (Å²) in [5.74, 6) is -0.253. The number of nitrogens with zero attached hydrogens (tertiary/aromatic N) is 3. The molecule has 0 spiro atoms. The maximum absolute atomic E-state index is 12.1. The van der Waals surface area contributed by atoms with E-state index >= 15 is 0 Å². The minimum absolute atomic E-state index is 0.0162. The number of aryl methyl sites for hydroxylation is 1. The van der Waals surface area contributed by atoms with Crippen LogP contribution in [0.15, 0.2) is 47.8 Å². The summed E-state index contributed by atoms with van der Waals surface area (Å²) in [6.45, 7) is 8.60. The SMILES string of the molecule is CC1=CC(C)(C)N(C)c2cc(C)c(/C=N/NC(=O)c3ccncc3)cc21. The van der Waals surface area contributed by atoms with Gasteiger partial charge in [0.25, 0.3) is 5.91 Å². The third-order valence-corrected chi connectivity index (χ3v) is 4.92. The van der Waals surface area contributed by atoms with Crippen molar-refractivity contribution >= 4 is 23.4 Å². The molecule has 1 amide bonds. The van der Waals surface area contributed by atoms with Crippen LogP contribution in [0.5, 0.6) is 0 Å². The van der Waals surface area contributed by atoms with Gasteiger partial charge in [-0.15, -0.1) is 0 Å². The van der Waals surface area contributed by atoms with E-state index in [1.54, 1.807) is 30.7 Å². The smallest absolute Gasteiger partial charge is 0.271 e. The number of amides is 1. The van der Waals surface area contributed by atoms with Crippen LogP contribution in [-0.2, 0) is 0 Å². The minimum Gasteiger partial charge on any atom is -0.365 e. The first-order valence-electron chi connectivity index (χ1n) is 8.61. The van der Waals surface area contributed by atoms with Gasteiger partial charge in [-0.2, -0.15) is 5.10 Å². The lowest BCUT2D eigenvalue weighted by molar-refractivity contribution is 0.0955. The van der Waals surface area contributed by atoms with E-state index in [4.69, 9.17) is 0 Å². The number of carbonyl (C=O) groups excluding carboxylic acids is 1. The summed E-state index contributed by atoms with van der Waals surface area (Å²) in [5.41, 5.74) is 8.83. The van der Waals surface area contributed by atoms with Crippen LogP contribution in [0.1, 0.15) is 47.8 Å². The van der Waals surface area contributed by atoms with Crippen molar-refractivity contribution in [2.75, 3.05) is 11.9 Å². The molecule has 1 aromatic heterocycles. The standard InChI is InChI=1S/C21H24N4O/c1-14-10-19-18(15(2)12-21(3,4)25(19)5)11-17(14)13-23-24-20(26)16-6-8-22-9-7-16/h6-13H,1-5H3,(H,24,26)/b23-13+. The number of hydrogen-bond acceptors (Lipinski definition) is 4. The van der Waals surface area contributed by atoms with Gasteiger partial charge in [0, 0.05) is 36.3 Å². The number of fused-ring (bicyclic) bond motifs is 1. The number of anilines is 1. The normalized spacial score (nSPS) is 15.6. The Hall–Kier alpha value is -2.95. The Bertz CT molecular complexity index is 898. The number of pyridine rings is 1. The molecule has 0 bridgehead atoms. The molecule has 0 fully saturated rings. The molecule has 134 valence electrons. The first-order valence-corrected chi connectivity index (χ1v) is 8.61. The quantitative estimate of drug-likeness (QED) is 0.678. The second-order valence-corrected chi connectivity index (χ2v) is 7.20. The Balaban J connectivity index is 1.84. The number of hydrazone groups is 1. The van der Waals surface area contributed by atoms with Crippen LogP contribution in [0.4, 0.5) is 5.69 Å². The van der Waals surface area contributed by atoms with Gasteiger partial charge >= 0.3 is 0 Å². The first kappa shape index (κ1) is 17.9. The fourth-order valence-corrected chi connectivity index (χ4v) is 3.19. The molecule has 2 aromatic rings. The molecule has 5 nitrogen and oxygen atoms in total. The van der Waals surface area contributed by atoms with E-state index in [-0.39, 0.29) is 11.4 Å². The van der Waals surface area contributed by atoms with Crippen molar-refractivity contribution < 1.29 is 4.79 Å². The largest absolute Gasteiger partial charge is 0.365 e. The molecule has 5 heteroatoms. The molecule has 0 saturated carbocycles. The second-order valence-electron chi connectivity index (χ2n) is 7.20. The van der Waals surface area contributed by atoms with E-state index in [0.29, 0.717) is 5.56 Å².